The van der Waals surface area contributed by atoms with Crippen molar-refractivity contribution in [2.24, 2.45) is 5.73 Å². The number of anilines is 1. The molecule has 0 radical (unpaired) electrons. The summed E-state index contributed by atoms with van der Waals surface area (Å²) in [4.78, 5) is 10.9. The maximum Gasteiger partial charge on any atom is 0.238 e. The van der Waals surface area contributed by atoms with E-state index in [-0.39, 0.29) is 12.5 Å². The quantitative estimate of drug-likeness (QED) is 0.819. The highest BCUT2D eigenvalue weighted by molar-refractivity contribution is 14.1. The predicted octanol–water partition coefficient (Wildman–Crippen LogP) is 1.84. The third kappa shape index (κ3) is 3.13. The molecule has 0 saturated carbocycles. The monoisotopic (exact) mass is 310 g/mol. The molecular formula is C8H8ClIN2O. The van der Waals surface area contributed by atoms with Crippen LogP contribution in [0, 0.1) is 3.57 Å². The number of amides is 1. The van der Waals surface area contributed by atoms with E-state index in [1.54, 1.807) is 12.1 Å². The van der Waals surface area contributed by atoms with Gasteiger partial charge in [-0.3, -0.25) is 4.79 Å². The van der Waals surface area contributed by atoms with Crippen molar-refractivity contribution < 1.29 is 4.79 Å². The van der Waals surface area contributed by atoms with Gasteiger partial charge in [-0.05, 0) is 40.8 Å². The fraction of sp³-hybridized carbons (Fsp3) is 0.125. The van der Waals surface area contributed by atoms with Gasteiger partial charge >= 0.3 is 0 Å². The van der Waals surface area contributed by atoms with E-state index in [9.17, 15) is 4.79 Å². The number of carbonyl (C=O) groups excluding carboxylic acids is 1. The van der Waals surface area contributed by atoms with Crippen LogP contribution in [0.25, 0.3) is 0 Å². The lowest BCUT2D eigenvalue weighted by Crippen LogP contribution is -2.22. The number of carbonyl (C=O) groups is 1. The molecule has 0 atom stereocenters. The Hall–Kier alpha value is -0.330. The fourth-order valence-corrected chi connectivity index (χ4v) is 1.45. The minimum absolute atomic E-state index is 0.0399. The molecule has 13 heavy (non-hydrogen) atoms. The molecule has 1 amide bonds. The van der Waals surface area contributed by atoms with Crippen LogP contribution in [-0.4, -0.2) is 12.5 Å². The maximum absolute atomic E-state index is 10.9. The first kappa shape index (κ1) is 10.7. The molecule has 0 saturated heterocycles. The Morgan fingerprint density at radius 2 is 2.31 bits per heavy atom. The molecule has 1 rings (SSSR count). The van der Waals surface area contributed by atoms with Crippen LogP contribution in [0.4, 0.5) is 5.69 Å². The van der Waals surface area contributed by atoms with Crippen molar-refractivity contribution in [2.45, 2.75) is 0 Å². The molecule has 0 bridgehead atoms. The molecule has 0 aliphatic carbocycles. The van der Waals surface area contributed by atoms with Crippen molar-refractivity contribution in [3.63, 3.8) is 0 Å². The molecule has 0 aliphatic heterocycles. The average Bonchev–Trinajstić information content (AvgIpc) is 2.11. The Labute approximate surface area is 94.8 Å². The number of benzene rings is 1. The summed E-state index contributed by atoms with van der Waals surface area (Å²) in [6.07, 6.45) is 0. The van der Waals surface area contributed by atoms with Gasteiger partial charge < -0.3 is 11.1 Å². The molecule has 0 fully saturated rings. The van der Waals surface area contributed by atoms with Gasteiger partial charge in [-0.1, -0.05) is 11.6 Å². The summed E-state index contributed by atoms with van der Waals surface area (Å²) < 4.78 is 1.01. The number of nitrogens with two attached hydrogens (primary N) is 1. The molecular weight excluding hydrogens is 302 g/mol. The van der Waals surface area contributed by atoms with Crippen LogP contribution in [0.15, 0.2) is 18.2 Å². The summed E-state index contributed by atoms with van der Waals surface area (Å²) in [7, 11) is 0. The second-order valence-electron chi connectivity index (χ2n) is 2.38. The van der Waals surface area contributed by atoms with Crippen LogP contribution < -0.4 is 11.1 Å². The second-order valence-corrected chi connectivity index (χ2v) is 4.03. The maximum atomic E-state index is 10.9. The van der Waals surface area contributed by atoms with E-state index < -0.39 is 0 Å². The Morgan fingerprint density at radius 3 is 2.92 bits per heavy atom. The van der Waals surface area contributed by atoms with Crippen molar-refractivity contribution >= 4 is 45.8 Å². The van der Waals surface area contributed by atoms with Crippen molar-refractivity contribution in [2.75, 3.05) is 11.9 Å². The molecule has 0 aliphatic rings. The van der Waals surface area contributed by atoms with Crippen LogP contribution in [-0.2, 0) is 4.79 Å². The predicted molar refractivity (Wildman–Crippen MR) is 61.9 cm³/mol. The SMILES string of the molecule is NCC(=O)Nc1cc(I)ccc1Cl. The largest absolute Gasteiger partial charge is 0.324 e. The van der Waals surface area contributed by atoms with Gasteiger partial charge in [0.1, 0.15) is 0 Å². The lowest BCUT2D eigenvalue weighted by molar-refractivity contribution is -0.114. The van der Waals surface area contributed by atoms with E-state index in [1.165, 1.54) is 0 Å². The third-order valence-corrected chi connectivity index (χ3v) is 2.39. The summed E-state index contributed by atoms with van der Waals surface area (Å²) in [6.45, 7) is -0.0399. The number of nitrogens with one attached hydrogen (secondary N) is 1. The van der Waals surface area contributed by atoms with Gasteiger partial charge in [-0.2, -0.15) is 0 Å². The van der Waals surface area contributed by atoms with E-state index in [2.05, 4.69) is 27.9 Å². The van der Waals surface area contributed by atoms with Gasteiger partial charge in [0.05, 0.1) is 17.3 Å². The smallest absolute Gasteiger partial charge is 0.238 e. The van der Waals surface area contributed by atoms with Gasteiger partial charge in [-0.15, -0.1) is 0 Å². The highest BCUT2D eigenvalue weighted by Crippen LogP contribution is 2.23. The highest BCUT2D eigenvalue weighted by Gasteiger charge is 2.03. The molecule has 1 aromatic rings. The highest BCUT2D eigenvalue weighted by atomic mass is 127. The molecule has 0 unspecified atom stereocenters. The summed E-state index contributed by atoms with van der Waals surface area (Å²) in [6, 6.07) is 5.38. The van der Waals surface area contributed by atoms with Gasteiger partial charge in [0.2, 0.25) is 5.91 Å². The lowest BCUT2D eigenvalue weighted by Gasteiger charge is -2.05. The van der Waals surface area contributed by atoms with E-state index in [1.807, 2.05) is 6.07 Å². The second kappa shape index (κ2) is 4.78. The fourth-order valence-electron chi connectivity index (χ4n) is 0.795. The minimum Gasteiger partial charge on any atom is -0.324 e. The summed E-state index contributed by atoms with van der Waals surface area (Å²) in [5.41, 5.74) is 5.75. The first-order valence-electron chi connectivity index (χ1n) is 3.58. The van der Waals surface area contributed by atoms with Crippen LogP contribution in [0.2, 0.25) is 5.02 Å². The molecule has 0 spiro atoms. The Kier molecular flexibility index (Phi) is 3.95. The summed E-state index contributed by atoms with van der Waals surface area (Å²) >= 11 is 7.98. The van der Waals surface area contributed by atoms with Gasteiger partial charge in [0.15, 0.2) is 0 Å². The molecule has 5 heteroatoms. The molecule has 0 heterocycles. The Balaban J connectivity index is 2.87. The van der Waals surface area contributed by atoms with Crippen molar-refractivity contribution in [1.82, 2.24) is 0 Å². The normalized spacial score (nSPS) is 9.77. The average molecular weight is 311 g/mol. The van der Waals surface area contributed by atoms with Gasteiger partial charge in [-0.25, -0.2) is 0 Å². The van der Waals surface area contributed by atoms with Crippen LogP contribution in [0.3, 0.4) is 0 Å². The first-order chi connectivity index (χ1) is 6.13. The first-order valence-corrected chi connectivity index (χ1v) is 5.04. The zero-order valence-electron chi connectivity index (χ0n) is 6.68. The van der Waals surface area contributed by atoms with Gasteiger partial charge in [0.25, 0.3) is 0 Å². The van der Waals surface area contributed by atoms with Crippen molar-refractivity contribution in [3.05, 3.63) is 26.8 Å². The van der Waals surface area contributed by atoms with E-state index in [4.69, 9.17) is 17.3 Å². The zero-order chi connectivity index (χ0) is 9.84. The molecule has 70 valence electrons. The van der Waals surface area contributed by atoms with Crippen LogP contribution >= 0.6 is 34.2 Å². The van der Waals surface area contributed by atoms with Crippen LogP contribution in [0.1, 0.15) is 0 Å². The molecule has 3 nitrogen and oxygen atoms in total. The zero-order valence-corrected chi connectivity index (χ0v) is 9.59. The standard InChI is InChI=1S/C8H8ClIN2O/c9-6-2-1-5(10)3-7(6)12-8(13)4-11/h1-3H,4,11H2,(H,12,13). The van der Waals surface area contributed by atoms with E-state index in [0.717, 1.165) is 3.57 Å². The van der Waals surface area contributed by atoms with Crippen molar-refractivity contribution in [1.29, 1.82) is 0 Å². The summed E-state index contributed by atoms with van der Waals surface area (Å²) in [5.74, 6) is -0.246. The number of rotatable bonds is 2. The molecule has 3 N–H and O–H groups in total. The van der Waals surface area contributed by atoms with Gasteiger partial charge in [0, 0.05) is 3.57 Å². The lowest BCUT2D eigenvalue weighted by atomic mass is 10.3. The molecule has 1 aromatic carbocycles. The van der Waals surface area contributed by atoms with Crippen LogP contribution in [0.5, 0.6) is 0 Å². The topological polar surface area (TPSA) is 55.1 Å². The summed E-state index contributed by atoms with van der Waals surface area (Å²) in [5, 5.41) is 3.12. The number of hydrogen-bond acceptors (Lipinski definition) is 2. The number of hydrogen-bond donors (Lipinski definition) is 2. The van der Waals surface area contributed by atoms with E-state index in [0.29, 0.717) is 10.7 Å². The third-order valence-electron chi connectivity index (χ3n) is 1.39. The minimum atomic E-state index is -0.246. The number of halogens is 2. The van der Waals surface area contributed by atoms with Crippen molar-refractivity contribution in [3.8, 4) is 0 Å². The van der Waals surface area contributed by atoms with E-state index >= 15 is 0 Å². The Bertz CT molecular complexity index is 330. The Morgan fingerprint density at radius 1 is 1.62 bits per heavy atom. The molecule has 0 aromatic heterocycles.